The van der Waals surface area contributed by atoms with Gasteiger partial charge in [-0.25, -0.2) is 9.97 Å². The molecular formula is C27H30N6O2. The second-order valence-electron chi connectivity index (χ2n) is 8.86. The lowest BCUT2D eigenvalue weighted by atomic mass is 10.1. The molecule has 1 aromatic carbocycles. The first kappa shape index (κ1) is 24.0. The number of likely N-dealkylation sites (tertiary alicyclic amines) is 1. The molecule has 1 fully saturated rings. The van der Waals surface area contributed by atoms with Crippen LogP contribution in [0.4, 0.5) is 5.82 Å². The zero-order valence-electron chi connectivity index (χ0n) is 20.5. The number of nitrogen functional groups attached to an aromatic ring is 1. The molecule has 180 valence electrons. The maximum atomic E-state index is 14.0. The van der Waals surface area contributed by atoms with Crippen LogP contribution in [0.25, 0.3) is 11.0 Å². The van der Waals surface area contributed by atoms with Gasteiger partial charge in [-0.15, -0.1) is 0 Å². The van der Waals surface area contributed by atoms with Gasteiger partial charge in [-0.2, -0.15) is 0 Å². The molecule has 0 saturated carbocycles. The molecule has 1 saturated heterocycles. The lowest BCUT2D eigenvalue weighted by molar-refractivity contribution is -0.126. The Labute approximate surface area is 205 Å². The van der Waals surface area contributed by atoms with Gasteiger partial charge in [0.1, 0.15) is 23.5 Å². The van der Waals surface area contributed by atoms with E-state index in [0.717, 1.165) is 5.56 Å². The molecule has 3 aromatic rings. The first-order valence-corrected chi connectivity index (χ1v) is 11.6. The molecule has 2 N–H and O–H groups in total. The van der Waals surface area contributed by atoms with Crippen molar-refractivity contribution in [3.8, 4) is 11.8 Å². The minimum atomic E-state index is -0.213. The molecule has 4 rings (SSSR count). The monoisotopic (exact) mass is 470 g/mol. The molecule has 0 bridgehead atoms. The molecule has 8 heteroatoms. The Hall–Kier alpha value is -4.12. The fraction of sp³-hybridized carbons (Fsp3) is 0.333. The predicted octanol–water partition coefficient (Wildman–Crippen LogP) is 3.57. The molecule has 0 aliphatic carbocycles. The lowest BCUT2D eigenvalue weighted by Crippen LogP contribution is -2.32. The molecule has 8 nitrogen and oxygen atoms in total. The Morgan fingerprint density at radius 1 is 1.29 bits per heavy atom. The number of fused-ring (bicyclic) bond motifs is 1. The van der Waals surface area contributed by atoms with Gasteiger partial charge in [0.2, 0.25) is 5.91 Å². The number of amides is 2. The van der Waals surface area contributed by atoms with Crippen LogP contribution in [0, 0.1) is 11.8 Å². The molecule has 3 atom stereocenters. The van der Waals surface area contributed by atoms with Crippen LogP contribution in [0.2, 0.25) is 0 Å². The summed E-state index contributed by atoms with van der Waals surface area (Å²) in [5, 5.41) is 0.489. The highest BCUT2D eigenvalue weighted by Crippen LogP contribution is 2.37. The Morgan fingerprint density at radius 2 is 2.00 bits per heavy atom. The van der Waals surface area contributed by atoms with Crippen LogP contribution in [-0.4, -0.2) is 55.8 Å². The van der Waals surface area contributed by atoms with E-state index in [-0.39, 0.29) is 35.8 Å². The van der Waals surface area contributed by atoms with Gasteiger partial charge in [-0.3, -0.25) is 9.59 Å². The summed E-state index contributed by atoms with van der Waals surface area (Å²) in [4.78, 5) is 38.6. The zero-order chi connectivity index (χ0) is 25.3. The molecular weight excluding hydrogens is 440 g/mol. The minimum Gasteiger partial charge on any atom is -0.383 e. The van der Waals surface area contributed by atoms with E-state index in [1.54, 1.807) is 23.8 Å². The van der Waals surface area contributed by atoms with E-state index in [4.69, 9.17) is 5.73 Å². The molecule has 0 radical (unpaired) electrons. The number of rotatable bonds is 5. The normalized spacial score (nSPS) is 18.1. The molecule has 2 amide bonds. The summed E-state index contributed by atoms with van der Waals surface area (Å²) in [5.41, 5.74) is 8.81. The van der Waals surface area contributed by atoms with Crippen molar-refractivity contribution in [2.24, 2.45) is 0 Å². The second kappa shape index (κ2) is 9.63. The number of aromatic nitrogens is 3. The van der Waals surface area contributed by atoms with E-state index in [1.165, 1.54) is 12.4 Å². The third kappa shape index (κ3) is 4.14. The summed E-state index contributed by atoms with van der Waals surface area (Å²) in [6, 6.07) is 9.54. The number of carbonyl (C=O) groups is 2. The lowest BCUT2D eigenvalue weighted by Gasteiger charge is -2.25. The maximum Gasteiger partial charge on any atom is 0.257 e. The number of anilines is 1. The van der Waals surface area contributed by atoms with Crippen LogP contribution in [0.1, 0.15) is 60.9 Å². The van der Waals surface area contributed by atoms with Crippen molar-refractivity contribution in [1.82, 2.24) is 24.3 Å². The van der Waals surface area contributed by atoms with Crippen LogP contribution >= 0.6 is 0 Å². The van der Waals surface area contributed by atoms with Gasteiger partial charge < -0.3 is 20.1 Å². The number of nitrogens with two attached hydrogens (primary N) is 1. The number of benzene rings is 1. The van der Waals surface area contributed by atoms with Crippen molar-refractivity contribution < 1.29 is 9.59 Å². The van der Waals surface area contributed by atoms with Gasteiger partial charge >= 0.3 is 0 Å². The van der Waals surface area contributed by atoms with Crippen LogP contribution in [0.3, 0.4) is 0 Å². The summed E-state index contributed by atoms with van der Waals surface area (Å²) in [6.07, 6.45) is 3.41. The van der Waals surface area contributed by atoms with Crippen molar-refractivity contribution >= 4 is 28.7 Å². The van der Waals surface area contributed by atoms with Crippen molar-refractivity contribution in [2.45, 2.75) is 45.3 Å². The average Bonchev–Trinajstić information content (AvgIpc) is 3.41. The first-order valence-electron chi connectivity index (χ1n) is 11.6. The summed E-state index contributed by atoms with van der Waals surface area (Å²) in [6.45, 7) is 9.80. The van der Waals surface area contributed by atoms with Crippen LogP contribution in [0.15, 0.2) is 49.3 Å². The summed E-state index contributed by atoms with van der Waals surface area (Å²) in [5.74, 6) is 5.98. The van der Waals surface area contributed by atoms with E-state index >= 15 is 0 Å². The zero-order valence-corrected chi connectivity index (χ0v) is 20.5. The third-order valence-electron chi connectivity index (χ3n) is 6.83. The topological polar surface area (TPSA) is 97.4 Å². The largest absolute Gasteiger partial charge is 0.383 e. The fourth-order valence-corrected chi connectivity index (χ4v) is 4.88. The molecule has 0 unspecified atom stereocenters. The Morgan fingerprint density at radius 3 is 2.66 bits per heavy atom. The van der Waals surface area contributed by atoms with Gasteiger partial charge in [-0.05, 0) is 44.8 Å². The minimum absolute atomic E-state index is 0.00416. The van der Waals surface area contributed by atoms with Gasteiger partial charge in [0.25, 0.3) is 5.91 Å². The Kier molecular flexibility index (Phi) is 6.61. The molecule has 35 heavy (non-hydrogen) atoms. The molecule has 2 aromatic heterocycles. The SMILES string of the molecule is C=CC(=O)N1C[C@H](n2c(C#CC)c(C(=O)N(C)[C@H](C)c3ccccc3)c3c(N)ncnc32)C[C@@H]1C. The predicted molar refractivity (Wildman–Crippen MR) is 136 cm³/mol. The molecule has 0 spiro atoms. The van der Waals surface area contributed by atoms with Crippen molar-refractivity contribution in [3.05, 3.63) is 66.1 Å². The van der Waals surface area contributed by atoms with E-state index < -0.39 is 0 Å². The molecule has 1 aliphatic rings. The third-order valence-corrected chi connectivity index (χ3v) is 6.83. The number of nitrogens with zero attached hydrogens (tertiary/aromatic N) is 5. The Bertz CT molecular complexity index is 1350. The number of hydrogen-bond donors (Lipinski definition) is 1. The van der Waals surface area contributed by atoms with Gasteiger partial charge in [0, 0.05) is 19.6 Å². The average molecular weight is 471 g/mol. The standard InChI is InChI=1S/C27H30N6O2/c1-6-11-21-23(27(35)31(5)18(4)19-12-9-8-10-13-19)24-25(28)29-16-30-26(24)33(21)20-14-17(3)32(15-20)22(34)7-2/h7-10,12-13,16-18,20H,2,14-15H2,1,3-5H3,(H2,28,29,30)/t17-,18+,20+/m0/s1. The van der Waals surface area contributed by atoms with Gasteiger partial charge in [0.05, 0.1) is 23.0 Å². The van der Waals surface area contributed by atoms with Crippen LogP contribution in [0.5, 0.6) is 0 Å². The van der Waals surface area contributed by atoms with Crippen molar-refractivity contribution in [3.63, 3.8) is 0 Å². The van der Waals surface area contributed by atoms with E-state index in [2.05, 4.69) is 28.4 Å². The van der Waals surface area contributed by atoms with Crippen LogP contribution < -0.4 is 5.73 Å². The summed E-state index contributed by atoms with van der Waals surface area (Å²) < 4.78 is 1.96. The van der Waals surface area contributed by atoms with Gasteiger partial charge in [-0.1, -0.05) is 42.8 Å². The summed E-state index contributed by atoms with van der Waals surface area (Å²) in [7, 11) is 1.77. The smallest absolute Gasteiger partial charge is 0.257 e. The molecule has 1 aliphatic heterocycles. The first-order chi connectivity index (χ1) is 16.8. The van der Waals surface area contributed by atoms with E-state index in [0.29, 0.717) is 35.3 Å². The van der Waals surface area contributed by atoms with Gasteiger partial charge in [0.15, 0.2) is 0 Å². The second-order valence-corrected chi connectivity index (χ2v) is 8.86. The number of hydrogen-bond acceptors (Lipinski definition) is 5. The van der Waals surface area contributed by atoms with Crippen molar-refractivity contribution in [2.75, 3.05) is 19.3 Å². The summed E-state index contributed by atoms with van der Waals surface area (Å²) >= 11 is 0. The quantitative estimate of drug-likeness (QED) is 0.454. The fourth-order valence-electron chi connectivity index (χ4n) is 4.88. The molecule has 3 heterocycles. The van der Waals surface area contributed by atoms with E-state index in [9.17, 15) is 9.59 Å². The Balaban J connectivity index is 1.88. The highest BCUT2D eigenvalue weighted by Gasteiger charge is 2.37. The highest BCUT2D eigenvalue weighted by molar-refractivity contribution is 6.11. The number of carbonyl (C=O) groups excluding carboxylic acids is 2. The van der Waals surface area contributed by atoms with E-state index in [1.807, 2.05) is 48.7 Å². The maximum absolute atomic E-state index is 14.0. The van der Waals surface area contributed by atoms with Crippen LogP contribution in [-0.2, 0) is 4.79 Å². The highest BCUT2D eigenvalue weighted by atomic mass is 16.2. The van der Waals surface area contributed by atoms with Crippen molar-refractivity contribution in [1.29, 1.82) is 0 Å².